The molecule has 3 N–H and O–H groups in total. The van der Waals surface area contributed by atoms with Crippen molar-refractivity contribution in [1.29, 1.82) is 0 Å². The lowest BCUT2D eigenvalue weighted by molar-refractivity contribution is 0.405. The molecule has 0 amide bonds. The van der Waals surface area contributed by atoms with Gasteiger partial charge in [-0.1, -0.05) is 17.8 Å². The van der Waals surface area contributed by atoms with Crippen molar-refractivity contribution in [2.75, 3.05) is 7.11 Å². The van der Waals surface area contributed by atoms with Gasteiger partial charge in [0.25, 0.3) is 5.56 Å². The molecule has 0 fully saturated rings. The van der Waals surface area contributed by atoms with E-state index in [4.69, 9.17) is 10.5 Å². The van der Waals surface area contributed by atoms with Crippen molar-refractivity contribution in [3.8, 4) is 5.75 Å². The zero-order chi connectivity index (χ0) is 13.8. The summed E-state index contributed by atoms with van der Waals surface area (Å²) in [6.07, 6.45) is 1.48. The lowest BCUT2D eigenvalue weighted by Gasteiger charge is -2.15. The molecule has 0 spiro atoms. The molecule has 0 saturated carbocycles. The van der Waals surface area contributed by atoms with E-state index in [0.29, 0.717) is 5.16 Å². The molecule has 0 bridgehead atoms. The molecule has 1 heterocycles. The standard InChI is InChI=1S/C13H15N3O2S/c1-8(14)12-9(18-2)4-3-5-10(12)19-13-15-7-6-11(17)16-13/h3-8H,14H2,1-2H3,(H,15,16,17)/t8-/m1/s1. The van der Waals surface area contributed by atoms with Crippen molar-refractivity contribution < 1.29 is 4.74 Å². The summed E-state index contributed by atoms with van der Waals surface area (Å²) in [5, 5.41) is 0.530. The average molecular weight is 277 g/mol. The van der Waals surface area contributed by atoms with E-state index >= 15 is 0 Å². The Morgan fingerprint density at radius 3 is 2.84 bits per heavy atom. The van der Waals surface area contributed by atoms with Crippen LogP contribution in [0, 0.1) is 0 Å². The second-order valence-electron chi connectivity index (χ2n) is 4.00. The molecule has 2 rings (SSSR count). The second-order valence-corrected chi connectivity index (χ2v) is 5.03. The molecule has 6 heteroatoms. The molecule has 5 nitrogen and oxygen atoms in total. The third kappa shape index (κ3) is 3.15. The summed E-state index contributed by atoms with van der Waals surface area (Å²) >= 11 is 1.36. The third-order valence-corrected chi connectivity index (χ3v) is 3.53. The molecule has 2 aromatic rings. The Hall–Kier alpha value is -1.79. The Bertz CT molecular complexity index is 625. The molecule has 0 aliphatic heterocycles. The van der Waals surface area contributed by atoms with Crippen LogP contribution in [-0.4, -0.2) is 17.1 Å². The Morgan fingerprint density at radius 2 is 2.21 bits per heavy atom. The molecule has 1 aromatic carbocycles. The van der Waals surface area contributed by atoms with E-state index < -0.39 is 0 Å². The number of hydrogen-bond donors (Lipinski definition) is 2. The van der Waals surface area contributed by atoms with Gasteiger partial charge in [0.05, 0.1) is 7.11 Å². The van der Waals surface area contributed by atoms with Crippen LogP contribution in [0.4, 0.5) is 0 Å². The fourth-order valence-electron chi connectivity index (χ4n) is 1.75. The van der Waals surface area contributed by atoms with Gasteiger partial charge in [-0.3, -0.25) is 4.79 Å². The molecule has 100 valence electrons. The van der Waals surface area contributed by atoms with E-state index in [1.807, 2.05) is 25.1 Å². The van der Waals surface area contributed by atoms with Gasteiger partial charge in [-0.2, -0.15) is 0 Å². The number of H-pyrrole nitrogens is 1. The zero-order valence-electron chi connectivity index (χ0n) is 10.7. The number of hydrogen-bond acceptors (Lipinski definition) is 5. The van der Waals surface area contributed by atoms with Crippen LogP contribution < -0.4 is 16.0 Å². The van der Waals surface area contributed by atoms with Gasteiger partial charge < -0.3 is 15.5 Å². The predicted octanol–water partition coefficient (Wildman–Crippen LogP) is 1.95. The van der Waals surface area contributed by atoms with Crippen LogP contribution in [0.1, 0.15) is 18.5 Å². The quantitative estimate of drug-likeness (QED) is 0.835. The minimum Gasteiger partial charge on any atom is -0.496 e. The predicted molar refractivity (Wildman–Crippen MR) is 74.6 cm³/mol. The first kappa shape index (κ1) is 13.6. The summed E-state index contributed by atoms with van der Waals surface area (Å²) in [6, 6.07) is 6.88. The fourth-order valence-corrected chi connectivity index (χ4v) is 2.76. The van der Waals surface area contributed by atoms with E-state index in [1.54, 1.807) is 7.11 Å². The molecule has 19 heavy (non-hydrogen) atoms. The first-order valence-electron chi connectivity index (χ1n) is 5.77. The molecule has 0 aliphatic rings. The van der Waals surface area contributed by atoms with E-state index in [-0.39, 0.29) is 11.6 Å². The topological polar surface area (TPSA) is 81.0 Å². The highest BCUT2D eigenvalue weighted by molar-refractivity contribution is 7.99. The summed E-state index contributed by atoms with van der Waals surface area (Å²) in [4.78, 5) is 19.0. The van der Waals surface area contributed by atoms with Crippen LogP contribution in [0.5, 0.6) is 5.75 Å². The van der Waals surface area contributed by atoms with Gasteiger partial charge in [0.15, 0.2) is 5.16 Å². The summed E-state index contributed by atoms with van der Waals surface area (Å²) in [6.45, 7) is 1.89. The maximum atomic E-state index is 11.3. The van der Waals surface area contributed by atoms with Crippen molar-refractivity contribution in [2.45, 2.75) is 23.0 Å². The third-order valence-electron chi connectivity index (χ3n) is 2.56. The monoisotopic (exact) mass is 277 g/mol. The highest BCUT2D eigenvalue weighted by Crippen LogP contribution is 2.35. The maximum Gasteiger partial charge on any atom is 0.251 e. The Labute approximate surface area is 115 Å². The highest BCUT2D eigenvalue weighted by Gasteiger charge is 2.14. The number of aromatic amines is 1. The lowest BCUT2D eigenvalue weighted by Crippen LogP contribution is -2.09. The molecular formula is C13H15N3O2S. The Balaban J connectivity index is 2.42. The number of benzene rings is 1. The van der Waals surface area contributed by atoms with Gasteiger partial charge in [-0.15, -0.1) is 0 Å². The lowest BCUT2D eigenvalue weighted by atomic mass is 10.1. The number of nitrogens with one attached hydrogen (secondary N) is 1. The number of nitrogens with zero attached hydrogens (tertiary/aromatic N) is 1. The summed E-state index contributed by atoms with van der Waals surface area (Å²) in [5.74, 6) is 0.735. The van der Waals surface area contributed by atoms with Gasteiger partial charge in [-0.05, 0) is 19.1 Å². The van der Waals surface area contributed by atoms with Crippen LogP contribution in [0.15, 0.2) is 45.3 Å². The molecule has 1 aromatic heterocycles. The van der Waals surface area contributed by atoms with Crippen LogP contribution in [0.3, 0.4) is 0 Å². The van der Waals surface area contributed by atoms with E-state index in [9.17, 15) is 4.79 Å². The normalized spacial score (nSPS) is 12.2. The number of rotatable bonds is 4. The van der Waals surface area contributed by atoms with Gasteiger partial charge in [0.1, 0.15) is 5.75 Å². The van der Waals surface area contributed by atoms with Gasteiger partial charge in [0, 0.05) is 28.8 Å². The van der Waals surface area contributed by atoms with Crippen LogP contribution in [0.25, 0.3) is 0 Å². The van der Waals surface area contributed by atoms with Gasteiger partial charge >= 0.3 is 0 Å². The molecule has 0 saturated heterocycles. The zero-order valence-corrected chi connectivity index (χ0v) is 11.5. The average Bonchev–Trinajstić information content (AvgIpc) is 2.38. The smallest absolute Gasteiger partial charge is 0.251 e. The number of ether oxygens (including phenoxy) is 1. The molecule has 0 radical (unpaired) electrons. The fraction of sp³-hybridized carbons (Fsp3) is 0.231. The minimum absolute atomic E-state index is 0.172. The highest BCUT2D eigenvalue weighted by atomic mass is 32.2. The minimum atomic E-state index is -0.178. The molecular weight excluding hydrogens is 262 g/mol. The number of methoxy groups -OCH3 is 1. The summed E-state index contributed by atoms with van der Waals surface area (Å²) < 4.78 is 5.32. The summed E-state index contributed by atoms with van der Waals surface area (Å²) in [5.41, 5.74) is 6.71. The van der Waals surface area contributed by atoms with Crippen molar-refractivity contribution in [1.82, 2.24) is 9.97 Å². The first-order chi connectivity index (χ1) is 9.11. The Morgan fingerprint density at radius 1 is 1.42 bits per heavy atom. The Kier molecular flexibility index (Phi) is 4.24. The SMILES string of the molecule is COc1cccc(Sc2nccc(=O)[nH]2)c1[C@@H](C)N. The largest absolute Gasteiger partial charge is 0.496 e. The molecule has 0 aliphatic carbocycles. The first-order valence-corrected chi connectivity index (χ1v) is 6.59. The number of nitrogens with two attached hydrogens (primary N) is 1. The number of aromatic nitrogens is 2. The van der Waals surface area contributed by atoms with Gasteiger partial charge in [0.2, 0.25) is 0 Å². The molecule has 1 atom stereocenters. The van der Waals surface area contributed by atoms with Crippen molar-refractivity contribution in [2.24, 2.45) is 5.73 Å². The van der Waals surface area contributed by atoms with Crippen molar-refractivity contribution >= 4 is 11.8 Å². The van der Waals surface area contributed by atoms with Crippen LogP contribution in [-0.2, 0) is 0 Å². The van der Waals surface area contributed by atoms with Crippen LogP contribution in [0.2, 0.25) is 0 Å². The van der Waals surface area contributed by atoms with E-state index in [1.165, 1.54) is 24.0 Å². The van der Waals surface area contributed by atoms with E-state index in [0.717, 1.165) is 16.2 Å². The maximum absolute atomic E-state index is 11.3. The van der Waals surface area contributed by atoms with Crippen molar-refractivity contribution in [3.63, 3.8) is 0 Å². The van der Waals surface area contributed by atoms with Crippen LogP contribution >= 0.6 is 11.8 Å². The van der Waals surface area contributed by atoms with E-state index in [2.05, 4.69) is 9.97 Å². The molecule has 0 unspecified atom stereocenters. The summed E-state index contributed by atoms with van der Waals surface area (Å²) in [7, 11) is 1.61. The van der Waals surface area contributed by atoms with Gasteiger partial charge in [-0.25, -0.2) is 4.98 Å². The van der Waals surface area contributed by atoms with Crippen molar-refractivity contribution in [3.05, 3.63) is 46.4 Å². The second kappa shape index (κ2) is 5.90.